The fourth-order valence-corrected chi connectivity index (χ4v) is 2.09. The molecule has 0 saturated heterocycles. The Labute approximate surface area is 126 Å². The molecule has 120 valence electrons. The maximum absolute atomic E-state index is 14.0. The van der Waals surface area contributed by atoms with Crippen LogP contribution in [0.5, 0.6) is 5.88 Å². The predicted molar refractivity (Wildman–Crippen MR) is 72.6 cm³/mol. The number of hydrogen-bond acceptors (Lipinski definition) is 5. The molecule has 0 aliphatic heterocycles. The van der Waals surface area contributed by atoms with E-state index in [1.165, 1.54) is 25.3 Å². The van der Waals surface area contributed by atoms with Gasteiger partial charge in [-0.05, 0) is 12.1 Å². The lowest BCUT2D eigenvalue weighted by molar-refractivity contribution is -0.145. The molecule has 1 aromatic carbocycles. The molecule has 0 aliphatic carbocycles. The van der Waals surface area contributed by atoms with Crippen molar-refractivity contribution in [3.05, 3.63) is 35.9 Å². The molecule has 0 aliphatic rings. The van der Waals surface area contributed by atoms with Gasteiger partial charge < -0.3 is 10.5 Å². The molecule has 6 nitrogen and oxygen atoms in total. The normalized spacial score (nSPS) is 11.9. The lowest BCUT2D eigenvalue weighted by atomic mass is 10.3. The number of imidazole rings is 1. The summed E-state index contributed by atoms with van der Waals surface area (Å²) in [4.78, 5) is 11.0. The maximum Gasteiger partial charge on any atom is 0.450 e. The third-order valence-electron chi connectivity index (χ3n) is 3.03. The van der Waals surface area contributed by atoms with Gasteiger partial charge in [-0.3, -0.25) is 4.57 Å². The molecule has 10 heteroatoms. The van der Waals surface area contributed by atoms with Crippen LogP contribution in [0, 0.1) is 5.82 Å². The van der Waals surface area contributed by atoms with Crippen molar-refractivity contribution >= 4 is 17.1 Å². The Morgan fingerprint density at radius 2 is 1.83 bits per heavy atom. The smallest absolute Gasteiger partial charge is 0.450 e. The van der Waals surface area contributed by atoms with Crippen molar-refractivity contribution in [2.24, 2.45) is 0 Å². The number of alkyl halides is 3. The molecular weight excluding hydrogens is 318 g/mol. The van der Waals surface area contributed by atoms with Crippen LogP contribution in [0.1, 0.15) is 5.82 Å². The second-order valence-electron chi connectivity index (χ2n) is 4.49. The minimum absolute atomic E-state index is 0.177. The monoisotopic (exact) mass is 327 g/mol. The van der Waals surface area contributed by atoms with Gasteiger partial charge in [0.15, 0.2) is 11.5 Å². The first-order chi connectivity index (χ1) is 10.8. The lowest BCUT2D eigenvalue weighted by Gasteiger charge is -2.11. The second-order valence-corrected chi connectivity index (χ2v) is 4.49. The number of halogens is 4. The van der Waals surface area contributed by atoms with Crippen LogP contribution < -0.4 is 10.5 Å². The zero-order chi connectivity index (χ0) is 16.8. The summed E-state index contributed by atoms with van der Waals surface area (Å²) in [5, 5.41) is 0. The Balaban J connectivity index is 2.43. The van der Waals surface area contributed by atoms with E-state index in [0.717, 1.165) is 6.07 Å². The van der Waals surface area contributed by atoms with Crippen molar-refractivity contribution in [1.82, 2.24) is 19.5 Å². The van der Waals surface area contributed by atoms with Crippen molar-refractivity contribution in [3.63, 3.8) is 0 Å². The molecule has 0 unspecified atom stereocenters. The molecule has 2 aromatic heterocycles. The first-order valence-electron chi connectivity index (χ1n) is 6.25. The summed E-state index contributed by atoms with van der Waals surface area (Å²) in [7, 11) is 1.24. The average Bonchev–Trinajstić information content (AvgIpc) is 2.85. The van der Waals surface area contributed by atoms with Crippen molar-refractivity contribution in [2.45, 2.75) is 6.18 Å². The molecule has 3 rings (SSSR count). The van der Waals surface area contributed by atoms with Crippen LogP contribution >= 0.6 is 0 Å². The number of para-hydroxylation sites is 1. The first-order valence-corrected chi connectivity index (χ1v) is 6.25. The number of benzene rings is 1. The zero-order valence-electron chi connectivity index (χ0n) is 11.6. The number of methoxy groups -OCH3 is 1. The minimum atomic E-state index is -4.84. The highest BCUT2D eigenvalue weighted by Gasteiger charge is 2.39. The van der Waals surface area contributed by atoms with Gasteiger partial charge in [0.1, 0.15) is 5.82 Å². The van der Waals surface area contributed by atoms with E-state index in [4.69, 9.17) is 10.5 Å². The van der Waals surface area contributed by atoms with Gasteiger partial charge in [0, 0.05) is 0 Å². The van der Waals surface area contributed by atoms with Gasteiger partial charge in [0.05, 0.1) is 12.8 Å². The highest BCUT2D eigenvalue weighted by molar-refractivity contribution is 5.73. The summed E-state index contributed by atoms with van der Waals surface area (Å²) >= 11 is 0. The van der Waals surface area contributed by atoms with Gasteiger partial charge in [0.25, 0.3) is 5.88 Å². The number of anilines is 1. The molecule has 0 bridgehead atoms. The average molecular weight is 327 g/mol. The summed E-state index contributed by atoms with van der Waals surface area (Å²) in [6, 6.07) is 4.96. The lowest BCUT2D eigenvalue weighted by Crippen LogP contribution is -2.15. The minimum Gasteiger partial charge on any atom is -0.478 e. The van der Waals surface area contributed by atoms with Gasteiger partial charge in [0.2, 0.25) is 11.5 Å². The number of fused-ring (bicyclic) bond motifs is 1. The number of nitrogen functional groups attached to an aromatic ring is 1. The number of rotatable bonds is 2. The Morgan fingerprint density at radius 3 is 2.43 bits per heavy atom. The van der Waals surface area contributed by atoms with E-state index in [0.29, 0.717) is 4.57 Å². The molecular formula is C13H9F4N5O. The topological polar surface area (TPSA) is 78.8 Å². The van der Waals surface area contributed by atoms with Crippen molar-refractivity contribution in [2.75, 3.05) is 12.8 Å². The van der Waals surface area contributed by atoms with Gasteiger partial charge in [-0.15, -0.1) is 0 Å². The summed E-state index contributed by atoms with van der Waals surface area (Å²) in [6.45, 7) is 0. The fourth-order valence-electron chi connectivity index (χ4n) is 2.09. The van der Waals surface area contributed by atoms with Crippen LogP contribution in [-0.4, -0.2) is 26.6 Å². The number of nitrogens with zero attached hydrogens (tertiary/aromatic N) is 4. The summed E-state index contributed by atoms with van der Waals surface area (Å²) < 4.78 is 59.2. The van der Waals surface area contributed by atoms with E-state index < -0.39 is 17.8 Å². The van der Waals surface area contributed by atoms with Crippen molar-refractivity contribution in [1.29, 1.82) is 0 Å². The Morgan fingerprint density at radius 1 is 1.13 bits per heavy atom. The van der Waals surface area contributed by atoms with E-state index in [9.17, 15) is 17.6 Å². The van der Waals surface area contributed by atoms with Crippen molar-refractivity contribution in [3.8, 4) is 11.6 Å². The van der Waals surface area contributed by atoms with Crippen molar-refractivity contribution < 1.29 is 22.3 Å². The van der Waals surface area contributed by atoms with E-state index >= 15 is 0 Å². The third kappa shape index (κ3) is 2.41. The summed E-state index contributed by atoms with van der Waals surface area (Å²) in [6.07, 6.45) is -4.84. The predicted octanol–water partition coefficient (Wildman–Crippen LogP) is 2.56. The van der Waals surface area contributed by atoms with Crippen LogP contribution in [-0.2, 0) is 6.18 Å². The van der Waals surface area contributed by atoms with Crippen LogP contribution in [0.25, 0.3) is 17.0 Å². The van der Waals surface area contributed by atoms with Gasteiger partial charge in [-0.1, -0.05) is 12.1 Å². The quantitative estimate of drug-likeness (QED) is 0.732. The van der Waals surface area contributed by atoms with E-state index in [-0.39, 0.29) is 28.7 Å². The van der Waals surface area contributed by atoms with E-state index in [1.54, 1.807) is 0 Å². The van der Waals surface area contributed by atoms with Crippen LogP contribution in [0.3, 0.4) is 0 Å². The first kappa shape index (κ1) is 15.0. The molecule has 0 saturated carbocycles. The molecule has 0 fully saturated rings. The highest BCUT2D eigenvalue weighted by atomic mass is 19.4. The molecule has 0 spiro atoms. The Kier molecular flexibility index (Phi) is 3.31. The van der Waals surface area contributed by atoms with Gasteiger partial charge in [-0.2, -0.15) is 18.2 Å². The van der Waals surface area contributed by atoms with Gasteiger partial charge >= 0.3 is 6.18 Å². The second kappa shape index (κ2) is 5.07. The summed E-state index contributed by atoms with van der Waals surface area (Å²) in [5.74, 6) is -2.62. The summed E-state index contributed by atoms with van der Waals surface area (Å²) in [5.41, 5.74) is 4.50. The maximum atomic E-state index is 14.0. The largest absolute Gasteiger partial charge is 0.478 e. The molecule has 23 heavy (non-hydrogen) atoms. The van der Waals surface area contributed by atoms with Crippen LogP contribution in [0.4, 0.5) is 23.4 Å². The Bertz CT molecular complexity index is 890. The highest BCUT2D eigenvalue weighted by Crippen LogP contribution is 2.34. The standard InChI is InChI=1S/C13H9F4N5O/c1-23-11-8(18)19-9-10(21-11)22(12(20-9)13(15,16)17)7-5-3-2-4-6(7)14/h2-5H,1H3,(H2,18,19). The molecule has 0 amide bonds. The third-order valence-corrected chi connectivity index (χ3v) is 3.03. The Hall–Kier alpha value is -2.91. The number of nitrogens with two attached hydrogens (primary N) is 1. The van der Waals surface area contributed by atoms with Gasteiger partial charge in [-0.25, -0.2) is 14.4 Å². The molecule has 2 heterocycles. The SMILES string of the molecule is COc1nc2c(nc1N)nc(C(F)(F)F)n2-c1ccccc1F. The van der Waals surface area contributed by atoms with Crippen LogP contribution in [0.15, 0.2) is 24.3 Å². The molecule has 2 N–H and O–H groups in total. The van der Waals surface area contributed by atoms with Crippen LogP contribution in [0.2, 0.25) is 0 Å². The molecule has 0 atom stereocenters. The number of aromatic nitrogens is 4. The molecule has 0 radical (unpaired) electrons. The number of hydrogen-bond donors (Lipinski definition) is 1. The zero-order valence-corrected chi connectivity index (χ0v) is 11.6. The number of ether oxygens (including phenoxy) is 1. The fraction of sp³-hybridized carbons (Fsp3) is 0.154. The molecule has 3 aromatic rings. The van der Waals surface area contributed by atoms with E-state index in [1.807, 2.05) is 0 Å². The van der Waals surface area contributed by atoms with E-state index in [2.05, 4.69) is 15.0 Å².